The molecule has 128 valence electrons. The second kappa shape index (κ2) is 7.02. The molecular formula is C16H19ClN4O3. The van der Waals surface area contributed by atoms with Crippen molar-refractivity contribution in [1.82, 2.24) is 14.0 Å². The first kappa shape index (κ1) is 18.0. The number of aromatic nitrogens is 2. The number of ketones is 1. The Morgan fingerprint density at radius 1 is 1.17 bits per heavy atom. The van der Waals surface area contributed by atoms with Crippen LogP contribution in [0.15, 0.2) is 33.9 Å². The van der Waals surface area contributed by atoms with Crippen molar-refractivity contribution in [2.75, 3.05) is 19.3 Å². The van der Waals surface area contributed by atoms with Crippen molar-refractivity contribution in [2.24, 2.45) is 14.1 Å². The van der Waals surface area contributed by atoms with Crippen LogP contribution >= 0.6 is 11.6 Å². The van der Waals surface area contributed by atoms with E-state index in [0.717, 1.165) is 14.7 Å². The first-order chi connectivity index (χ1) is 11.2. The quantitative estimate of drug-likeness (QED) is 0.799. The van der Waals surface area contributed by atoms with Gasteiger partial charge in [0.05, 0.1) is 6.54 Å². The van der Waals surface area contributed by atoms with Gasteiger partial charge in [0.2, 0.25) is 0 Å². The fourth-order valence-corrected chi connectivity index (χ4v) is 2.53. The second-order valence-electron chi connectivity index (χ2n) is 5.69. The number of nitrogens with two attached hydrogens (primary N) is 1. The lowest BCUT2D eigenvalue weighted by Crippen LogP contribution is -2.43. The van der Waals surface area contributed by atoms with Crippen molar-refractivity contribution in [3.05, 3.63) is 61.3 Å². The van der Waals surface area contributed by atoms with E-state index in [1.54, 1.807) is 24.1 Å². The molecule has 0 aliphatic rings. The number of halogens is 1. The van der Waals surface area contributed by atoms with Gasteiger partial charge in [0.15, 0.2) is 5.78 Å². The number of carbonyl (C=O) groups is 1. The maximum atomic E-state index is 12.5. The molecule has 0 radical (unpaired) electrons. The highest BCUT2D eigenvalue weighted by molar-refractivity contribution is 6.30. The number of rotatable bonds is 5. The van der Waals surface area contributed by atoms with Crippen LogP contribution in [0.3, 0.4) is 0 Å². The first-order valence-corrected chi connectivity index (χ1v) is 7.61. The Bertz CT molecular complexity index is 884. The first-order valence-electron chi connectivity index (χ1n) is 7.24. The number of anilines is 1. The highest BCUT2D eigenvalue weighted by atomic mass is 35.5. The summed E-state index contributed by atoms with van der Waals surface area (Å²) in [7, 11) is 4.50. The van der Waals surface area contributed by atoms with E-state index in [-0.39, 0.29) is 17.9 Å². The maximum Gasteiger partial charge on any atom is 0.332 e. The van der Waals surface area contributed by atoms with Crippen molar-refractivity contribution in [3.8, 4) is 0 Å². The lowest BCUT2D eigenvalue weighted by molar-refractivity contribution is 0.0941. The lowest BCUT2D eigenvalue weighted by atomic mass is 10.1. The second-order valence-corrected chi connectivity index (χ2v) is 6.12. The summed E-state index contributed by atoms with van der Waals surface area (Å²) < 4.78 is 1.97. The minimum Gasteiger partial charge on any atom is -0.384 e. The van der Waals surface area contributed by atoms with E-state index in [4.69, 9.17) is 17.3 Å². The summed E-state index contributed by atoms with van der Waals surface area (Å²) in [6.07, 6.45) is 0. The van der Waals surface area contributed by atoms with Crippen LogP contribution in [0.2, 0.25) is 5.02 Å². The summed E-state index contributed by atoms with van der Waals surface area (Å²) >= 11 is 5.84. The monoisotopic (exact) mass is 350 g/mol. The topological polar surface area (TPSA) is 90.3 Å². The van der Waals surface area contributed by atoms with Crippen LogP contribution in [0.25, 0.3) is 0 Å². The SMILES string of the molecule is CN(CC(=O)c1c(N)n(C)c(=O)n(C)c1=O)Cc1ccc(Cl)cc1. The summed E-state index contributed by atoms with van der Waals surface area (Å²) in [6.45, 7) is 0.509. The Morgan fingerprint density at radius 2 is 1.75 bits per heavy atom. The van der Waals surface area contributed by atoms with Gasteiger partial charge in [-0.3, -0.25) is 23.6 Å². The molecule has 0 saturated carbocycles. The van der Waals surface area contributed by atoms with E-state index < -0.39 is 17.0 Å². The van der Waals surface area contributed by atoms with Crippen molar-refractivity contribution in [1.29, 1.82) is 0 Å². The predicted octanol–water partition coefficient (Wildman–Crippen LogP) is 0.634. The molecule has 8 heteroatoms. The number of Topliss-reactive ketones (excluding diaryl/α,β-unsaturated/α-hetero) is 1. The zero-order chi connectivity index (χ0) is 18.0. The number of likely N-dealkylation sites (N-methyl/N-ethyl adjacent to an activating group) is 1. The third-order valence-electron chi connectivity index (χ3n) is 3.77. The summed E-state index contributed by atoms with van der Waals surface area (Å²) in [5, 5.41) is 0.638. The van der Waals surface area contributed by atoms with E-state index >= 15 is 0 Å². The normalized spacial score (nSPS) is 11.0. The van der Waals surface area contributed by atoms with Gasteiger partial charge in [-0.25, -0.2) is 4.79 Å². The van der Waals surface area contributed by atoms with Crippen molar-refractivity contribution in [2.45, 2.75) is 6.54 Å². The van der Waals surface area contributed by atoms with E-state index in [2.05, 4.69) is 0 Å². The summed E-state index contributed by atoms with van der Waals surface area (Å²) in [4.78, 5) is 38.2. The van der Waals surface area contributed by atoms with Crippen LogP contribution in [-0.4, -0.2) is 33.4 Å². The highest BCUT2D eigenvalue weighted by Gasteiger charge is 2.21. The molecule has 2 N–H and O–H groups in total. The molecule has 1 aromatic carbocycles. The van der Waals surface area contributed by atoms with Gasteiger partial charge < -0.3 is 5.73 Å². The maximum absolute atomic E-state index is 12.5. The Kier molecular flexibility index (Phi) is 5.26. The lowest BCUT2D eigenvalue weighted by Gasteiger charge is -2.17. The zero-order valence-electron chi connectivity index (χ0n) is 13.7. The van der Waals surface area contributed by atoms with Crippen LogP contribution < -0.4 is 17.0 Å². The van der Waals surface area contributed by atoms with Gasteiger partial charge in [-0.05, 0) is 24.7 Å². The molecular weight excluding hydrogens is 332 g/mol. The molecule has 0 atom stereocenters. The minimum atomic E-state index is -0.680. The third-order valence-corrected chi connectivity index (χ3v) is 4.02. The highest BCUT2D eigenvalue weighted by Crippen LogP contribution is 2.11. The zero-order valence-corrected chi connectivity index (χ0v) is 14.5. The van der Waals surface area contributed by atoms with E-state index in [1.165, 1.54) is 14.1 Å². The van der Waals surface area contributed by atoms with E-state index in [9.17, 15) is 14.4 Å². The number of nitrogens with zero attached hydrogens (tertiary/aromatic N) is 3. The van der Waals surface area contributed by atoms with Gasteiger partial charge in [0.25, 0.3) is 5.56 Å². The van der Waals surface area contributed by atoms with Gasteiger partial charge >= 0.3 is 5.69 Å². The van der Waals surface area contributed by atoms with Crippen LogP contribution in [-0.2, 0) is 20.6 Å². The molecule has 7 nitrogen and oxygen atoms in total. The van der Waals surface area contributed by atoms with E-state index in [0.29, 0.717) is 11.6 Å². The molecule has 0 amide bonds. The van der Waals surface area contributed by atoms with Crippen molar-refractivity contribution in [3.63, 3.8) is 0 Å². The van der Waals surface area contributed by atoms with Crippen molar-refractivity contribution >= 4 is 23.2 Å². The number of hydrogen-bond donors (Lipinski definition) is 1. The molecule has 0 spiro atoms. The number of nitrogen functional groups attached to an aromatic ring is 1. The third kappa shape index (κ3) is 3.58. The van der Waals surface area contributed by atoms with Gasteiger partial charge in [-0.2, -0.15) is 0 Å². The summed E-state index contributed by atoms with van der Waals surface area (Å²) in [5.74, 6) is -0.548. The van der Waals surface area contributed by atoms with E-state index in [1.807, 2.05) is 12.1 Å². The van der Waals surface area contributed by atoms with Crippen LogP contribution in [0.1, 0.15) is 15.9 Å². The molecule has 24 heavy (non-hydrogen) atoms. The molecule has 0 unspecified atom stereocenters. The molecule has 0 aliphatic carbocycles. The Labute approximate surface area is 143 Å². The fourth-order valence-electron chi connectivity index (χ4n) is 2.40. The molecule has 1 heterocycles. The molecule has 0 bridgehead atoms. The van der Waals surface area contributed by atoms with Gasteiger partial charge in [-0.1, -0.05) is 23.7 Å². The molecule has 0 aliphatic heterocycles. The van der Waals surface area contributed by atoms with Crippen molar-refractivity contribution < 1.29 is 4.79 Å². The minimum absolute atomic E-state index is 0.000268. The molecule has 0 fully saturated rings. The summed E-state index contributed by atoms with van der Waals surface area (Å²) in [5.41, 5.74) is 5.37. The van der Waals surface area contributed by atoms with Crippen LogP contribution in [0, 0.1) is 0 Å². The molecule has 2 rings (SSSR count). The standard InChI is InChI=1S/C16H19ClN4O3/c1-19(8-10-4-6-11(17)7-5-10)9-12(22)13-14(18)20(2)16(24)21(3)15(13)23/h4-7H,8-9,18H2,1-3H3. The van der Waals surface area contributed by atoms with Crippen LogP contribution in [0.5, 0.6) is 0 Å². The average Bonchev–Trinajstić information content (AvgIpc) is 2.53. The Hall–Kier alpha value is -2.38. The number of carbonyl (C=O) groups excluding carboxylic acids is 1. The fraction of sp³-hybridized carbons (Fsp3) is 0.312. The van der Waals surface area contributed by atoms with Gasteiger partial charge in [-0.15, -0.1) is 0 Å². The molecule has 0 saturated heterocycles. The predicted molar refractivity (Wildman–Crippen MR) is 93.5 cm³/mol. The van der Waals surface area contributed by atoms with Crippen LogP contribution in [0.4, 0.5) is 5.82 Å². The summed E-state index contributed by atoms with van der Waals surface area (Å²) in [6, 6.07) is 7.27. The Morgan fingerprint density at radius 3 is 2.33 bits per heavy atom. The number of benzene rings is 1. The largest absolute Gasteiger partial charge is 0.384 e. The Balaban J connectivity index is 2.22. The molecule has 1 aromatic heterocycles. The van der Waals surface area contributed by atoms with Gasteiger partial charge in [0, 0.05) is 25.7 Å². The molecule has 2 aromatic rings. The van der Waals surface area contributed by atoms with Gasteiger partial charge in [0.1, 0.15) is 11.4 Å². The smallest absolute Gasteiger partial charge is 0.332 e. The average molecular weight is 351 g/mol. The number of hydrogen-bond acceptors (Lipinski definition) is 5.